The predicted octanol–water partition coefficient (Wildman–Crippen LogP) is 6.26. The summed E-state index contributed by atoms with van der Waals surface area (Å²) < 4.78 is 103. The van der Waals surface area contributed by atoms with Crippen LogP contribution in [0.4, 0.5) is 27.6 Å². The van der Waals surface area contributed by atoms with Crippen molar-refractivity contribution in [1.82, 2.24) is 4.90 Å². The van der Waals surface area contributed by atoms with Crippen LogP contribution in [0.1, 0.15) is 17.3 Å². The van der Waals surface area contributed by atoms with Crippen molar-refractivity contribution in [2.24, 2.45) is 0 Å². The molecule has 2 N–H and O–H groups in total. The zero-order chi connectivity index (χ0) is 28.9. The third kappa shape index (κ3) is 6.17. The number of alkyl halides is 3. The summed E-state index contributed by atoms with van der Waals surface area (Å²) in [7, 11) is -3.46. The number of benzene rings is 3. The number of carbonyl (C=O) groups is 1. The second kappa shape index (κ2) is 10.4. The number of aromatic hydroxyl groups is 1. The summed E-state index contributed by atoms with van der Waals surface area (Å²) in [5, 5.41) is 9.85. The molecule has 1 aliphatic heterocycles. The van der Waals surface area contributed by atoms with Crippen molar-refractivity contribution in [2.75, 3.05) is 18.3 Å². The molecule has 0 aliphatic carbocycles. The minimum atomic E-state index is -4.83. The molecule has 3 aromatic carbocycles. The number of phenolic OH excluding ortho intramolecular Hbond substituents is 1. The number of fused-ring (bicyclic) bond motifs is 6. The van der Waals surface area contributed by atoms with Gasteiger partial charge in [0, 0.05) is 34.7 Å². The van der Waals surface area contributed by atoms with Crippen molar-refractivity contribution in [3.8, 4) is 22.6 Å². The highest BCUT2D eigenvalue weighted by molar-refractivity contribution is 8.00. The van der Waals surface area contributed by atoms with Gasteiger partial charge in [-0.05, 0) is 55.1 Å². The average molecular weight is 609 g/mol. The largest absolute Gasteiger partial charge is 0.505 e. The SMILES string of the molecule is C[C@H]1CN(C)C(=O)c2cc(Cl)c(O)c(c2)S(=O)(=O)Nc2cc(c(F)cc2F)-c2cc(SC(F)(F)F)ccc2O1. The quantitative estimate of drug-likeness (QED) is 0.250. The van der Waals surface area contributed by atoms with Crippen molar-refractivity contribution in [3.63, 3.8) is 0 Å². The van der Waals surface area contributed by atoms with Gasteiger partial charge >= 0.3 is 5.51 Å². The molecule has 3 aromatic rings. The van der Waals surface area contributed by atoms with Crippen LogP contribution in [0.25, 0.3) is 11.1 Å². The summed E-state index contributed by atoms with van der Waals surface area (Å²) in [5.41, 5.74) is -6.40. The van der Waals surface area contributed by atoms with Crippen molar-refractivity contribution >= 4 is 45.0 Å². The van der Waals surface area contributed by atoms with E-state index in [1.807, 2.05) is 4.72 Å². The highest BCUT2D eigenvalue weighted by Crippen LogP contribution is 2.43. The third-order valence-electron chi connectivity index (χ3n) is 5.55. The van der Waals surface area contributed by atoms with E-state index in [4.69, 9.17) is 16.3 Å². The molecule has 0 saturated heterocycles. The number of hydrogen-bond donors (Lipinski definition) is 2. The van der Waals surface area contributed by atoms with E-state index in [0.717, 1.165) is 41.3 Å². The van der Waals surface area contributed by atoms with Gasteiger partial charge in [-0.25, -0.2) is 17.2 Å². The molecular formula is C24H18ClF5N2O5S2. The molecule has 0 spiro atoms. The number of nitrogens with zero attached hydrogens (tertiary/aromatic N) is 1. The molecule has 0 radical (unpaired) electrons. The number of carbonyl (C=O) groups excluding carboxylic acids is 1. The second-order valence-corrected chi connectivity index (χ2v) is 11.7. The van der Waals surface area contributed by atoms with Gasteiger partial charge in [0.25, 0.3) is 15.9 Å². The Morgan fingerprint density at radius 3 is 2.46 bits per heavy atom. The van der Waals surface area contributed by atoms with Crippen LogP contribution < -0.4 is 9.46 Å². The molecule has 0 saturated carbocycles. The van der Waals surface area contributed by atoms with E-state index < -0.39 is 77.9 Å². The number of sulfonamides is 1. The number of nitrogens with one attached hydrogen (secondary N) is 1. The fourth-order valence-electron chi connectivity index (χ4n) is 3.90. The molecule has 0 aromatic heterocycles. The predicted molar refractivity (Wildman–Crippen MR) is 135 cm³/mol. The van der Waals surface area contributed by atoms with Crippen LogP contribution in [0.15, 0.2) is 52.3 Å². The minimum absolute atomic E-state index is 0.104. The van der Waals surface area contributed by atoms with Gasteiger partial charge in [0.05, 0.1) is 17.3 Å². The molecule has 1 heterocycles. The smallest absolute Gasteiger partial charge is 0.446 e. The van der Waals surface area contributed by atoms with Crippen molar-refractivity contribution in [3.05, 3.63) is 64.7 Å². The maximum Gasteiger partial charge on any atom is 0.446 e. The van der Waals surface area contributed by atoms with Gasteiger partial charge in [0.2, 0.25) is 0 Å². The molecule has 1 atom stereocenters. The van der Waals surface area contributed by atoms with Gasteiger partial charge in [-0.2, -0.15) is 13.2 Å². The Kier molecular flexibility index (Phi) is 7.67. The second-order valence-electron chi connectivity index (χ2n) is 8.54. The molecule has 4 bridgehead atoms. The number of halogens is 6. The van der Waals surface area contributed by atoms with Crippen LogP contribution in [0.2, 0.25) is 5.02 Å². The molecule has 1 aliphatic rings. The number of ether oxygens (including phenoxy) is 1. The van der Waals surface area contributed by atoms with Gasteiger partial charge in [0.1, 0.15) is 28.4 Å². The number of phenols is 1. The van der Waals surface area contributed by atoms with E-state index in [1.165, 1.54) is 14.0 Å². The standard InChI is InChI=1S/C24H18ClF5N2O5S2/c1-11-10-32(2)23(34)12-5-16(25)22(33)21(6-12)39(35,36)31-19-8-14(17(26)9-18(19)27)15-7-13(38-24(28,29)30)3-4-20(15)37-11/h3-9,11,31,33H,10H2,1-2H3/t11-/m0/s1. The summed E-state index contributed by atoms with van der Waals surface area (Å²) in [5.74, 6) is -4.32. The Hall–Kier alpha value is -3.23. The van der Waals surface area contributed by atoms with Crippen LogP contribution in [0, 0.1) is 11.6 Å². The fourth-order valence-corrected chi connectivity index (χ4v) is 5.96. The fraction of sp³-hybridized carbons (Fsp3) is 0.208. The van der Waals surface area contributed by atoms with E-state index in [-0.39, 0.29) is 28.3 Å². The molecule has 39 heavy (non-hydrogen) atoms. The number of likely N-dealkylation sites (N-methyl/N-ethyl adjacent to an activating group) is 1. The Bertz CT molecular complexity index is 1580. The van der Waals surface area contributed by atoms with Gasteiger partial charge in [-0.3, -0.25) is 9.52 Å². The first-order valence-corrected chi connectivity index (χ1v) is 13.6. The Balaban J connectivity index is 1.97. The van der Waals surface area contributed by atoms with Gasteiger partial charge in [0.15, 0.2) is 5.75 Å². The van der Waals surface area contributed by atoms with Crippen molar-refractivity contribution in [2.45, 2.75) is 28.3 Å². The van der Waals surface area contributed by atoms with Crippen LogP contribution in [0.5, 0.6) is 11.5 Å². The number of hydrogen-bond acceptors (Lipinski definition) is 6. The van der Waals surface area contributed by atoms with Crippen LogP contribution in [0.3, 0.4) is 0 Å². The summed E-state index contributed by atoms with van der Waals surface area (Å²) in [4.78, 5) is 13.0. The van der Waals surface area contributed by atoms with Crippen LogP contribution in [-0.4, -0.2) is 49.5 Å². The zero-order valence-electron chi connectivity index (χ0n) is 19.9. The molecule has 4 rings (SSSR count). The topological polar surface area (TPSA) is 95.9 Å². The molecule has 7 nitrogen and oxygen atoms in total. The lowest BCUT2D eigenvalue weighted by atomic mass is 10.0. The first kappa shape index (κ1) is 28.8. The minimum Gasteiger partial charge on any atom is -0.505 e. The lowest BCUT2D eigenvalue weighted by Crippen LogP contribution is -2.35. The summed E-state index contributed by atoms with van der Waals surface area (Å²) in [6.07, 6.45) is -0.805. The number of thioether (sulfide) groups is 1. The molecule has 208 valence electrons. The maximum atomic E-state index is 15.0. The monoisotopic (exact) mass is 608 g/mol. The van der Waals surface area contributed by atoms with Crippen molar-refractivity contribution < 1.29 is 45.0 Å². The molecule has 0 fully saturated rings. The molecule has 15 heteroatoms. The lowest BCUT2D eigenvalue weighted by Gasteiger charge is -2.24. The van der Waals surface area contributed by atoms with Gasteiger partial charge in [-0.1, -0.05) is 11.6 Å². The van der Waals surface area contributed by atoms with E-state index >= 15 is 4.39 Å². The highest BCUT2D eigenvalue weighted by atomic mass is 35.5. The average Bonchev–Trinajstić information content (AvgIpc) is 2.81. The van der Waals surface area contributed by atoms with Crippen molar-refractivity contribution in [1.29, 1.82) is 0 Å². The number of amides is 1. The van der Waals surface area contributed by atoms with Gasteiger partial charge < -0.3 is 14.7 Å². The number of anilines is 1. The maximum absolute atomic E-state index is 15.0. The Morgan fingerprint density at radius 1 is 1.10 bits per heavy atom. The van der Waals surface area contributed by atoms with E-state index in [1.54, 1.807) is 0 Å². The highest BCUT2D eigenvalue weighted by Gasteiger charge is 2.31. The third-order valence-corrected chi connectivity index (χ3v) is 7.93. The summed E-state index contributed by atoms with van der Waals surface area (Å²) >= 11 is 5.50. The summed E-state index contributed by atoms with van der Waals surface area (Å²) in [6, 6.07) is 6.20. The Morgan fingerprint density at radius 2 is 1.79 bits per heavy atom. The van der Waals surface area contributed by atoms with E-state index in [0.29, 0.717) is 6.07 Å². The zero-order valence-corrected chi connectivity index (χ0v) is 22.3. The molecule has 1 amide bonds. The molecule has 0 unspecified atom stereocenters. The first-order chi connectivity index (χ1) is 18.1. The first-order valence-electron chi connectivity index (χ1n) is 10.9. The summed E-state index contributed by atoms with van der Waals surface area (Å²) in [6.45, 7) is 1.44. The lowest BCUT2D eigenvalue weighted by molar-refractivity contribution is -0.0328. The van der Waals surface area contributed by atoms with Crippen LogP contribution >= 0.6 is 23.4 Å². The van der Waals surface area contributed by atoms with E-state index in [9.17, 15) is 35.9 Å². The molecular weight excluding hydrogens is 591 g/mol. The van der Waals surface area contributed by atoms with E-state index in [2.05, 4.69) is 0 Å². The normalized spacial score (nSPS) is 17.4. The van der Waals surface area contributed by atoms with Gasteiger partial charge in [-0.15, -0.1) is 0 Å². The number of rotatable bonds is 1. The Labute approximate surface area is 228 Å². The van der Waals surface area contributed by atoms with Crippen LogP contribution in [-0.2, 0) is 10.0 Å².